The molecule has 0 saturated heterocycles. The lowest BCUT2D eigenvalue weighted by molar-refractivity contribution is 0.0695. The van der Waals surface area contributed by atoms with Crippen LogP contribution in [0.4, 0.5) is 4.39 Å². The fourth-order valence-corrected chi connectivity index (χ4v) is 1.24. The largest absolute Gasteiger partial charge is 0.478 e. The summed E-state index contributed by atoms with van der Waals surface area (Å²) in [5, 5.41) is 11.3. The number of amides is 1. The highest BCUT2D eigenvalue weighted by molar-refractivity contribution is 5.96. The maximum absolute atomic E-state index is 13.5. The summed E-state index contributed by atoms with van der Waals surface area (Å²) in [5.41, 5.74) is -0.321. The number of carbonyl (C=O) groups is 2. The highest BCUT2D eigenvalue weighted by Gasteiger charge is 2.15. The standard InChI is InChI=1S/C12H14FNO3/c1-3-7(2)14-11(15)9-5-4-8(12(16)17)6-10(9)13/h4-7H,3H2,1-2H3,(H,14,15)(H,16,17). The lowest BCUT2D eigenvalue weighted by Crippen LogP contribution is -2.32. The van der Waals surface area contributed by atoms with Crippen LogP contribution in [0.1, 0.15) is 41.0 Å². The molecule has 0 bridgehead atoms. The van der Waals surface area contributed by atoms with Crippen molar-refractivity contribution < 1.29 is 19.1 Å². The van der Waals surface area contributed by atoms with E-state index >= 15 is 0 Å². The molecular weight excluding hydrogens is 225 g/mol. The van der Waals surface area contributed by atoms with Gasteiger partial charge in [-0.15, -0.1) is 0 Å². The molecule has 0 aromatic heterocycles. The van der Waals surface area contributed by atoms with Crippen molar-refractivity contribution in [1.29, 1.82) is 0 Å². The highest BCUT2D eigenvalue weighted by Crippen LogP contribution is 2.11. The van der Waals surface area contributed by atoms with Crippen LogP contribution in [-0.2, 0) is 0 Å². The normalized spacial score (nSPS) is 11.9. The first-order valence-corrected chi connectivity index (χ1v) is 5.29. The molecule has 0 aliphatic rings. The first-order chi connectivity index (χ1) is 7.95. The van der Waals surface area contributed by atoms with Crippen LogP contribution in [0.3, 0.4) is 0 Å². The van der Waals surface area contributed by atoms with Gasteiger partial charge < -0.3 is 10.4 Å². The minimum atomic E-state index is -1.22. The zero-order chi connectivity index (χ0) is 13.0. The molecule has 0 spiro atoms. The predicted molar refractivity (Wildman–Crippen MR) is 60.6 cm³/mol. The minimum Gasteiger partial charge on any atom is -0.478 e. The van der Waals surface area contributed by atoms with E-state index in [-0.39, 0.29) is 17.2 Å². The van der Waals surface area contributed by atoms with E-state index in [4.69, 9.17) is 5.11 Å². The second kappa shape index (κ2) is 5.43. The van der Waals surface area contributed by atoms with Crippen molar-refractivity contribution in [3.63, 3.8) is 0 Å². The summed E-state index contributed by atoms with van der Waals surface area (Å²) in [6.07, 6.45) is 0.737. The molecule has 5 heteroatoms. The van der Waals surface area contributed by atoms with Gasteiger partial charge in [-0.05, 0) is 31.5 Å². The lowest BCUT2D eigenvalue weighted by Gasteiger charge is -2.11. The Hall–Kier alpha value is -1.91. The zero-order valence-corrected chi connectivity index (χ0v) is 9.66. The van der Waals surface area contributed by atoms with Crippen LogP contribution in [-0.4, -0.2) is 23.0 Å². The summed E-state index contributed by atoms with van der Waals surface area (Å²) >= 11 is 0. The fourth-order valence-electron chi connectivity index (χ4n) is 1.24. The summed E-state index contributed by atoms with van der Waals surface area (Å²) in [5.74, 6) is -2.59. The van der Waals surface area contributed by atoms with Gasteiger partial charge >= 0.3 is 5.97 Å². The van der Waals surface area contributed by atoms with Crippen LogP contribution in [0.25, 0.3) is 0 Å². The second-order valence-electron chi connectivity index (χ2n) is 3.78. The van der Waals surface area contributed by atoms with Crippen molar-refractivity contribution in [1.82, 2.24) is 5.32 Å². The Balaban J connectivity index is 2.92. The number of nitrogens with one attached hydrogen (secondary N) is 1. The molecule has 0 heterocycles. The maximum atomic E-state index is 13.5. The molecule has 17 heavy (non-hydrogen) atoms. The summed E-state index contributed by atoms with van der Waals surface area (Å²) in [4.78, 5) is 22.2. The first kappa shape index (κ1) is 13.2. The molecule has 2 N–H and O–H groups in total. The topological polar surface area (TPSA) is 66.4 Å². The van der Waals surface area contributed by atoms with Crippen molar-refractivity contribution in [3.8, 4) is 0 Å². The van der Waals surface area contributed by atoms with Gasteiger partial charge in [0.25, 0.3) is 5.91 Å². The lowest BCUT2D eigenvalue weighted by atomic mass is 10.1. The molecule has 4 nitrogen and oxygen atoms in total. The van der Waals surface area contributed by atoms with Crippen molar-refractivity contribution in [3.05, 3.63) is 35.1 Å². The summed E-state index contributed by atoms with van der Waals surface area (Å²) in [7, 11) is 0. The van der Waals surface area contributed by atoms with Crippen LogP contribution in [0.15, 0.2) is 18.2 Å². The van der Waals surface area contributed by atoms with E-state index in [0.29, 0.717) is 0 Å². The molecular formula is C12H14FNO3. The summed E-state index contributed by atoms with van der Waals surface area (Å²) < 4.78 is 13.5. The number of aromatic carboxylic acids is 1. The quantitative estimate of drug-likeness (QED) is 0.845. The van der Waals surface area contributed by atoms with Gasteiger partial charge in [0, 0.05) is 6.04 Å². The molecule has 1 unspecified atom stereocenters. The van der Waals surface area contributed by atoms with E-state index in [2.05, 4.69) is 5.32 Å². The molecule has 0 aliphatic carbocycles. The van der Waals surface area contributed by atoms with E-state index in [9.17, 15) is 14.0 Å². The predicted octanol–water partition coefficient (Wildman–Crippen LogP) is 2.05. The third-order valence-electron chi connectivity index (χ3n) is 2.45. The molecule has 0 radical (unpaired) electrons. The number of carbonyl (C=O) groups excluding carboxylic acids is 1. The van der Waals surface area contributed by atoms with Gasteiger partial charge in [0.05, 0.1) is 11.1 Å². The Labute approximate surface area is 98.5 Å². The smallest absolute Gasteiger partial charge is 0.335 e. The number of hydrogen-bond donors (Lipinski definition) is 2. The Kier molecular flexibility index (Phi) is 4.20. The van der Waals surface area contributed by atoms with Gasteiger partial charge in [-0.25, -0.2) is 9.18 Å². The van der Waals surface area contributed by atoms with Gasteiger partial charge in [-0.2, -0.15) is 0 Å². The Bertz CT molecular complexity index is 445. The highest BCUT2D eigenvalue weighted by atomic mass is 19.1. The molecule has 1 aromatic rings. The van der Waals surface area contributed by atoms with Crippen LogP contribution in [0, 0.1) is 5.82 Å². The second-order valence-corrected chi connectivity index (χ2v) is 3.78. The van der Waals surface area contributed by atoms with E-state index in [1.165, 1.54) is 12.1 Å². The average molecular weight is 239 g/mol. The molecule has 1 rings (SSSR count). The fraction of sp³-hybridized carbons (Fsp3) is 0.333. The number of rotatable bonds is 4. The van der Waals surface area contributed by atoms with E-state index in [0.717, 1.165) is 12.5 Å². The van der Waals surface area contributed by atoms with Crippen molar-refractivity contribution in [2.75, 3.05) is 0 Å². The molecule has 1 amide bonds. The maximum Gasteiger partial charge on any atom is 0.335 e. The summed E-state index contributed by atoms with van der Waals surface area (Å²) in [6, 6.07) is 3.17. The van der Waals surface area contributed by atoms with Gasteiger partial charge in [0.2, 0.25) is 0 Å². The number of benzene rings is 1. The van der Waals surface area contributed by atoms with Gasteiger partial charge in [0.15, 0.2) is 0 Å². The van der Waals surface area contributed by atoms with Crippen LogP contribution < -0.4 is 5.32 Å². The number of halogens is 1. The van der Waals surface area contributed by atoms with E-state index in [1.807, 2.05) is 6.92 Å². The van der Waals surface area contributed by atoms with E-state index < -0.39 is 17.7 Å². The molecule has 0 fully saturated rings. The third kappa shape index (κ3) is 3.27. The Morgan fingerprint density at radius 1 is 1.47 bits per heavy atom. The average Bonchev–Trinajstić information content (AvgIpc) is 2.28. The number of carboxylic acids is 1. The molecule has 1 atom stereocenters. The number of carboxylic acid groups (broad SMARTS) is 1. The number of hydrogen-bond acceptors (Lipinski definition) is 2. The monoisotopic (exact) mass is 239 g/mol. The van der Waals surface area contributed by atoms with Crippen molar-refractivity contribution in [2.45, 2.75) is 26.3 Å². The van der Waals surface area contributed by atoms with Crippen LogP contribution in [0.2, 0.25) is 0 Å². The van der Waals surface area contributed by atoms with Gasteiger partial charge in [0.1, 0.15) is 5.82 Å². The van der Waals surface area contributed by atoms with Crippen molar-refractivity contribution >= 4 is 11.9 Å². The molecule has 1 aromatic carbocycles. The Morgan fingerprint density at radius 2 is 2.12 bits per heavy atom. The zero-order valence-electron chi connectivity index (χ0n) is 9.66. The van der Waals surface area contributed by atoms with Crippen LogP contribution in [0.5, 0.6) is 0 Å². The minimum absolute atomic E-state index is 0.0546. The SMILES string of the molecule is CCC(C)NC(=O)c1ccc(C(=O)O)cc1F. The van der Waals surface area contributed by atoms with Gasteiger partial charge in [-0.1, -0.05) is 6.92 Å². The third-order valence-corrected chi connectivity index (χ3v) is 2.45. The summed E-state index contributed by atoms with van der Waals surface area (Å²) in [6.45, 7) is 3.70. The first-order valence-electron chi connectivity index (χ1n) is 5.29. The van der Waals surface area contributed by atoms with Crippen LogP contribution >= 0.6 is 0 Å². The van der Waals surface area contributed by atoms with Crippen molar-refractivity contribution in [2.24, 2.45) is 0 Å². The van der Waals surface area contributed by atoms with E-state index in [1.54, 1.807) is 6.92 Å². The molecule has 92 valence electrons. The van der Waals surface area contributed by atoms with Gasteiger partial charge in [-0.3, -0.25) is 4.79 Å². The molecule has 0 aliphatic heterocycles. The molecule has 0 saturated carbocycles. The Morgan fingerprint density at radius 3 is 2.59 bits per heavy atom.